The fourth-order valence-corrected chi connectivity index (χ4v) is 2.92. The highest BCUT2D eigenvalue weighted by Crippen LogP contribution is 2.38. The van der Waals surface area contributed by atoms with E-state index in [1.165, 1.54) is 35.2 Å². The second kappa shape index (κ2) is 5.70. The van der Waals surface area contributed by atoms with Crippen LogP contribution in [0.15, 0.2) is 48.5 Å². The summed E-state index contributed by atoms with van der Waals surface area (Å²) < 4.78 is 0. The number of nitrogens with one attached hydrogen (secondary N) is 1. The molecule has 1 heteroatoms. The molecule has 0 aromatic heterocycles. The van der Waals surface area contributed by atoms with E-state index >= 15 is 0 Å². The highest BCUT2D eigenvalue weighted by molar-refractivity contribution is 5.46. The summed E-state index contributed by atoms with van der Waals surface area (Å²) in [4.78, 5) is 0. The number of benzene rings is 2. The van der Waals surface area contributed by atoms with Gasteiger partial charge in [-0.15, -0.1) is 0 Å². The van der Waals surface area contributed by atoms with Crippen LogP contribution in [0.25, 0.3) is 0 Å². The van der Waals surface area contributed by atoms with Gasteiger partial charge in [0.05, 0.1) is 0 Å². The summed E-state index contributed by atoms with van der Waals surface area (Å²) in [5, 5.41) is 3.64. The van der Waals surface area contributed by atoms with Crippen molar-refractivity contribution in [1.29, 1.82) is 0 Å². The monoisotopic (exact) mass is 265 g/mol. The average molecular weight is 265 g/mol. The summed E-state index contributed by atoms with van der Waals surface area (Å²) in [7, 11) is 0. The quantitative estimate of drug-likeness (QED) is 0.827. The smallest absolute Gasteiger partial charge is 0.0342 e. The molecule has 0 bridgehead atoms. The Morgan fingerprint density at radius 2 is 1.60 bits per heavy atom. The Labute approximate surface area is 122 Å². The minimum atomic E-state index is 0.633. The van der Waals surface area contributed by atoms with Crippen molar-refractivity contribution in [2.24, 2.45) is 0 Å². The number of aryl methyl sites for hydroxylation is 2. The minimum Gasteiger partial charge on any atom is -0.382 e. The van der Waals surface area contributed by atoms with Crippen LogP contribution in [0.1, 0.15) is 42.4 Å². The molecule has 0 amide bonds. The minimum absolute atomic E-state index is 0.633. The summed E-state index contributed by atoms with van der Waals surface area (Å²) in [5.41, 5.74) is 5.50. The van der Waals surface area contributed by atoms with Gasteiger partial charge in [0.25, 0.3) is 0 Å². The first-order valence-corrected chi connectivity index (χ1v) is 7.66. The molecule has 0 heterocycles. The molecule has 1 nitrogen and oxygen atoms in total. The summed E-state index contributed by atoms with van der Waals surface area (Å²) in [6, 6.07) is 18.5. The fraction of sp³-hybridized carbons (Fsp3) is 0.368. The van der Waals surface area contributed by atoms with Crippen molar-refractivity contribution in [1.82, 2.24) is 0 Å². The normalized spacial score (nSPS) is 21.3. The molecule has 1 aliphatic rings. The first-order chi connectivity index (χ1) is 9.74. The molecule has 0 saturated heterocycles. The number of rotatable bonds is 4. The Bertz CT molecular complexity index is 547. The molecule has 1 N–H and O–H groups in total. The van der Waals surface area contributed by atoms with E-state index in [4.69, 9.17) is 0 Å². The lowest BCUT2D eigenvalue weighted by atomic mass is 9.75. The van der Waals surface area contributed by atoms with Crippen LogP contribution in [-0.4, -0.2) is 6.04 Å². The van der Waals surface area contributed by atoms with Crippen LogP contribution in [-0.2, 0) is 6.42 Å². The zero-order valence-corrected chi connectivity index (χ0v) is 12.4. The van der Waals surface area contributed by atoms with E-state index in [0.29, 0.717) is 6.04 Å². The van der Waals surface area contributed by atoms with Gasteiger partial charge in [-0.25, -0.2) is 0 Å². The SMILES string of the molecule is CCc1ccc(NC2CC(c3ccc(C)cc3)C2)cc1. The molecule has 1 fully saturated rings. The third-order valence-corrected chi connectivity index (χ3v) is 4.42. The van der Waals surface area contributed by atoms with Gasteiger partial charge in [0.15, 0.2) is 0 Å². The van der Waals surface area contributed by atoms with Gasteiger partial charge in [0, 0.05) is 11.7 Å². The molecule has 0 atom stereocenters. The molecule has 0 radical (unpaired) electrons. The van der Waals surface area contributed by atoms with Crippen molar-refractivity contribution in [3.05, 3.63) is 65.2 Å². The summed E-state index contributed by atoms with van der Waals surface area (Å²) in [6.45, 7) is 4.34. The van der Waals surface area contributed by atoms with Gasteiger partial charge in [-0.2, -0.15) is 0 Å². The lowest BCUT2D eigenvalue weighted by Crippen LogP contribution is -2.33. The maximum Gasteiger partial charge on any atom is 0.0342 e. The molecule has 104 valence electrons. The van der Waals surface area contributed by atoms with Gasteiger partial charge in [-0.3, -0.25) is 0 Å². The lowest BCUT2D eigenvalue weighted by Gasteiger charge is -2.37. The van der Waals surface area contributed by atoms with Crippen molar-refractivity contribution in [3.63, 3.8) is 0 Å². The molecule has 20 heavy (non-hydrogen) atoms. The Morgan fingerprint density at radius 1 is 0.950 bits per heavy atom. The number of hydrogen-bond acceptors (Lipinski definition) is 1. The van der Waals surface area contributed by atoms with Crippen molar-refractivity contribution in [3.8, 4) is 0 Å². The Balaban J connectivity index is 1.53. The predicted molar refractivity (Wildman–Crippen MR) is 86.4 cm³/mol. The van der Waals surface area contributed by atoms with Gasteiger partial charge in [-0.1, -0.05) is 48.9 Å². The van der Waals surface area contributed by atoms with Gasteiger partial charge in [0.2, 0.25) is 0 Å². The van der Waals surface area contributed by atoms with Gasteiger partial charge in [0.1, 0.15) is 0 Å². The molecule has 2 aromatic rings. The average Bonchev–Trinajstić information content (AvgIpc) is 2.44. The number of hydrogen-bond donors (Lipinski definition) is 1. The number of anilines is 1. The van der Waals surface area contributed by atoms with Gasteiger partial charge >= 0.3 is 0 Å². The lowest BCUT2D eigenvalue weighted by molar-refractivity contribution is 0.374. The summed E-state index contributed by atoms with van der Waals surface area (Å²) in [6.07, 6.45) is 3.61. The molecule has 1 aliphatic carbocycles. The topological polar surface area (TPSA) is 12.0 Å². The molecule has 1 saturated carbocycles. The van der Waals surface area contributed by atoms with E-state index in [-0.39, 0.29) is 0 Å². The third-order valence-electron chi connectivity index (χ3n) is 4.42. The predicted octanol–water partition coefficient (Wildman–Crippen LogP) is 4.92. The standard InChI is InChI=1S/C19H23N/c1-3-15-6-10-18(11-7-15)20-19-12-17(13-19)16-8-4-14(2)5-9-16/h4-11,17,19-20H,3,12-13H2,1-2H3. The van der Waals surface area contributed by atoms with Crippen LogP contribution in [0.5, 0.6) is 0 Å². The van der Waals surface area contributed by atoms with Gasteiger partial charge < -0.3 is 5.32 Å². The summed E-state index contributed by atoms with van der Waals surface area (Å²) in [5.74, 6) is 0.739. The largest absolute Gasteiger partial charge is 0.382 e. The van der Waals surface area contributed by atoms with E-state index in [1.54, 1.807) is 0 Å². The third kappa shape index (κ3) is 2.87. The Hall–Kier alpha value is -1.76. The zero-order valence-electron chi connectivity index (χ0n) is 12.4. The highest BCUT2D eigenvalue weighted by atomic mass is 14.9. The van der Waals surface area contributed by atoms with Crippen LogP contribution in [0.4, 0.5) is 5.69 Å². The summed E-state index contributed by atoms with van der Waals surface area (Å²) >= 11 is 0. The van der Waals surface area contributed by atoms with Gasteiger partial charge in [-0.05, 0) is 55.4 Å². The molecule has 0 unspecified atom stereocenters. The molecule has 0 spiro atoms. The van der Waals surface area contributed by atoms with Crippen LogP contribution in [0.2, 0.25) is 0 Å². The molecular weight excluding hydrogens is 242 g/mol. The van der Waals surface area contributed by atoms with Crippen LogP contribution >= 0.6 is 0 Å². The second-order valence-electron chi connectivity index (χ2n) is 5.97. The first kappa shape index (κ1) is 13.2. The second-order valence-corrected chi connectivity index (χ2v) is 5.97. The maximum atomic E-state index is 3.64. The maximum absolute atomic E-state index is 3.64. The molecule has 0 aliphatic heterocycles. The van der Waals surface area contributed by atoms with Crippen LogP contribution in [0, 0.1) is 6.92 Å². The Morgan fingerprint density at radius 3 is 2.20 bits per heavy atom. The fourth-order valence-electron chi connectivity index (χ4n) is 2.92. The van der Waals surface area contributed by atoms with Crippen molar-refractivity contribution < 1.29 is 0 Å². The molecule has 3 rings (SSSR count). The van der Waals surface area contributed by atoms with E-state index in [1.807, 2.05) is 0 Å². The van der Waals surface area contributed by atoms with Crippen LogP contribution < -0.4 is 5.32 Å². The highest BCUT2D eigenvalue weighted by Gasteiger charge is 2.29. The Kier molecular flexibility index (Phi) is 3.77. The first-order valence-electron chi connectivity index (χ1n) is 7.66. The van der Waals surface area contributed by atoms with E-state index < -0.39 is 0 Å². The zero-order chi connectivity index (χ0) is 13.9. The van der Waals surface area contributed by atoms with E-state index in [9.17, 15) is 0 Å². The van der Waals surface area contributed by atoms with E-state index in [0.717, 1.165) is 12.3 Å². The van der Waals surface area contributed by atoms with E-state index in [2.05, 4.69) is 67.7 Å². The molecular formula is C19H23N. The van der Waals surface area contributed by atoms with Crippen LogP contribution in [0.3, 0.4) is 0 Å². The van der Waals surface area contributed by atoms with Crippen molar-refractivity contribution >= 4 is 5.69 Å². The van der Waals surface area contributed by atoms with Crippen molar-refractivity contribution in [2.75, 3.05) is 5.32 Å². The molecule has 2 aromatic carbocycles. The van der Waals surface area contributed by atoms with Crippen molar-refractivity contribution in [2.45, 2.75) is 45.1 Å².